The summed E-state index contributed by atoms with van der Waals surface area (Å²) in [5.41, 5.74) is 5.54. The maximum atomic E-state index is 11.7. The summed E-state index contributed by atoms with van der Waals surface area (Å²) in [7, 11) is -3.43. The number of hydrogen-bond acceptors (Lipinski definition) is 4. The van der Waals surface area contributed by atoms with Crippen molar-refractivity contribution in [3.63, 3.8) is 0 Å². The first kappa shape index (κ1) is 13.5. The molecular weight excluding hydrogens is 242 g/mol. The van der Waals surface area contributed by atoms with Gasteiger partial charge in [-0.2, -0.15) is 5.10 Å². The molecule has 0 unspecified atom stereocenters. The molecule has 0 fully saturated rings. The van der Waals surface area contributed by atoms with Crippen LogP contribution < -0.4 is 10.5 Å². The fourth-order valence-electron chi connectivity index (χ4n) is 1.17. The molecule has 0 aromatic carbocycles. The summed E-state index contributed by atoms with van der Waals surface area (Å²) in [5, 5.41) is 13.4. The van der Waals surface area contributed by atoms with Gasteiger partial charge in [-0.1, -0.05) is 13.8 Å². The van der Waals surface area contributed by atoms with Crippen molar-refractivity contribution in [2.45, 2.75) is 20.3 Å². The highest BCUT2D eigenvalue weighted by Gasteiger charge is 2.16. The second kappa shape index (κ2) is 5.17. The van der Waals surface area contributed by atoms with Crippen molar-refractivity contribution in [2.24, 2.45) is 11.7 Å². The number of hydrogen-bond donors (Lipinski definition) is 4. The van der Waals surface area contributed by atoms with Gasteiger partial charge in [0.05, 0.1) is 17.5 Å². The molecular formula is C9H17N5O2S. The minimum Gasteiger partial charge on any atom is -0.384 e. The summed E-state index contributed by atoms with van der Waals surface area (Å²) in [6.07, 6.45) is 1.88. The number of nitrogens with zero attached hydrogens (tertiary/aromatic N) is 1. The molecule has 0 aliphatic heterocycles. The lowest BCUT2D eigenvalue weighted by molar-refractivity contribution is 0.577. The van der Waals surface area contributed by atoms with Crippen LogP contribution in [-0.4, -0.2) is 30.2 Å². The largest absolute Gasteiger partial charge is 0.384 e. The van der Waals surface area contributed by atoms with Gasteiger partial charge in [0.1, 0.15) is 11.7 Å². The molecule has 0 radical (unpaired) electrons. The zero-order valence-electron chi connectivity index (χ0n) is 9.82. The number of aromatic amines is 1. The van der Waals surface area contributed by atoms with E-state index in [4.69, 9.17) is 11.1 Å². The number of rotatable bonds is 6. The third-order valence-corrected chi connectivity index (χ3v) is 3.44. The number of nitrogens with two attached hydrogens (primary N) is 1. The van der Waals surface area contributed by atoms with Crippen molar-refractivity contribution in [1.82, 2.24) is 10.2 Å². The minimum atomic E-state index is -3.43. The SMILES string of the molecule is CC(C)CCS(=O)(=O)Nc1[nH]ncc1C(=N)N. The van der Waals surface area contributed by atoms with Crippen molar-refractivity contribution in [3.05, 3.63) is 11.8 Å². The molecule has 0 saturated carbocycles. The van der Waals surface area contributed by atoms with Crippen molar-refractivity contribution in [2.75, 3.05) is 10.5 Å². The summed E-state index contributed by atoms with van der Waals surface area (Å²) in [6.45, 7) is 3.90. The number of aromatic nitrogens is 2. The Morgan fingerprint density at radius 2 is 2.29 bits per heavy atom. The molecule has 17 heavy (non-hydrogen) atoms. The highest BCUT2D eigenvalue weighted by atomic mass is 32.2. The van der Waals surface area contributed by atoms with E-state index in [1.54, 1.807) is 0 Å². The number of H-pyrrole nitrogens is 1. The molecule has 0 spiro atoms. The number of nitrogen functional groups attached to an aromatic ring is 1. The lowest BCUT2D eigenvalue weighted by Gasteiger charge is -2.08. The zero-order valence-corrected chi connectivity index (χ0v) is 10.6. The molecule has 7 nitrogen and oxygen atoms in total. The molecule has 0 amide bonds. The molecule has 96 valence electrons. The molecule has 8 heteroatoms. The maximum Gasteiger partial charge on any atom is 0.233 e. The maximum absolute atomic E-state index is 11.7. The van der Waals surface area contributed by atoms with Crippen LogP contribution in [0.1, 0.15) is 25.8 Å². The van der Waals surface area contributed by atoms with Crippen LogP contribution in [0.5, 0.6) is 0 Å². The Kier molecular flexibility index (Phi) is 4.11. The number of anilines is 1. The van der Waals surface area contributed by atoms with Gasteiger partial charge in [-0.15, -0.1) is 0 Å². The number of nitrogens with one attached hydrogen (secondary N) is 3. The Morgan fingerprint density at radius 1 is 1.65 bits per heavy atom. The smallest absolute Gasteiger partial charge is 0.233 e. The average Bonchev–Trinajstić information content (AvgIpc) is 2.62. The van der Waals surface area contributed by atoms with Crippen LogP contribution in [0.15, 0.2) is 6.20 Å². The quantitative estimate of drug-likeness (QED) is 0.438. The third kappa shape index (κ3) is 4.06. The van der Waals surface area contributed by atoms with E-state index in [1.807, 2.05) is 13.8 Å². The second-order valence-corrected chi connectivity index (χ2v) is 6.02. The van der Waals surface area contributed by atoms with Crippen LogP contribution in [0.4, 0.5) is 5.82 Å². The van der Waals surface area contributed by atoms with Crippen molar-refractivity contribution >= 4 is 21.7 Å². The highest BCUT2D eigenvalue weighted by molar-refractivity contribution is 7.92. The van der Waals surface area contributed by atoms with Crippen LogP contribution in [0.3, 0.4) is 0 Å². The molecule has 5 N–H and O–H groups in total. The topological polar surface area (TPSA) is 125 Å². The predicted molar refractivity (Wildman–Crippen MR) is 66.5 cm³/mol. The van der Waals surface area contributed by atoms with Crippen molar-refractivity contribution < 1.29 is 8.42 Å². The minimum absolute atomic E-state index is 0.0288. The number of sulfonamides is 1. The van der Waals surface area contributed by atoms with Crippen LogP contribution in [-0.2, 0) is 10.0 Å². The van der Waals surface area contributed by atoms with E-state index in [-0.39, 0.29) is 23.0 Å². The van der Waals surface area contributed by atoms with E-state index in [0.717, 1.165) is 0 Å². The van der Waals surface area contributed by atoms with Gasteiger partial charge in [0.2, 0.25) is 10.0 Å². The molecule has 0 saturated heterocycles. The van der Waals surface area contributed by atoms with Gasteiger partial charge in [-0.3, -0.25) is 15.2 Å². The Hall–Kier alpha value is -1.57. The summed E-state index contributed by atoms with van der Waals surface area (Å²) in [5.74, 6) is 0.239. The van der Waals surface area contributed by atoms with Crippen LogP contribution in [0.25, 0.3) is 0 Å². The fourth-order valence-corrected chi connectivity index (χ4v) is 2.52. The molecule has 1 rings (SSSR count). The lowest BCUT2D eigenvalue weighted by atomic mass is 10.2. The van der Waals surface area contributed by atoms with Gasteiger partial charge in [-0.05, 0) is 12.3 Å². The molecule has 1 aromatic rings. The summed E-state index contributed by atoms with van der Waals surface area (Å²) in [4.78, 5) is 0. The molecule has 0 aliphatic rings. The average molecular weight is 259 g/mol. The van der Waals surface area contributed by atoms with E-state index in [2.05, 4.69) is 14.9 Å². The number of amidine groups is 1. The third-order valence-electron chi connectivity index (χ3n) is 2.15. The van der Waals surface area contributed by atoms with E-state index in [0.29, 0.717) is 12.3 Å². The van der Waals surface area contributed by atoms with Gasteiger partial charge in [0, 0.05) is 0 Å². The fraction of sp³-hybridized carbons (Fsp3) is 0.556. The highest BCUT2D eigenvalue weighted by Crippen LogP contribution is 2.13. The normalized spacial score (nSPS) is 11.7. The second-order valence-electron chi connectivity index (χ2n) is 4.18. The van der Waals surface area contributed by atoms with Gasteiger partial charge < -0.3 is 5.73 Å². The van der Waals surface area contributed by atoms with E-state index in [9.17, 15) is 8.42 Å². The zero-order chi connectivity index (χ0) is 13.1. The van der Waals surface area contributed by atoms with Crippen molar-refractivity contribution in [3.8, 4) is 0 Å². The van der Waals surface area contributed by atoms with Crippen LogP contribution in [0.2, 0.25) is 0 Å². The standard InChI is InChI=1S/C9H17N5O2S/c1-6(2)3-4-17(15,16)14-9-7(8(10)11)5-12-13-9/h5-6H,3-4H2,1-2H3,(H3,10,11)(H2,12,13,14). The summed E-state index contributed by atoms with van der Waals surface area (Å²) >= 11 is 0. The van der Waals surface area contributed by atoms with Gasteiger partial charge >= 0.3 is 0 Å². The Balaban J connectivity index is 2.76. The Labute approximate surface area is 100 Å². The Bertz CT molecular complexity index is 491. The summed E-state index contributed by atoms with van der Waals surface area (Å²) in [6, 6.07) is 0. The molecule has 0 atom stereocenters. The molecule has 1 heterocycles. The van der Waals surface area contributed by atoms with Crippen LogP contribution >= 0.6 is 0 Å². The lowest BCUT2D eigenvalue weighted by Crippen LogP contribution is -2.21. The van der Waals surface area contributed by atoms with Crippen molar-refractivity contribution in [1.29, 1.82) is 5.41 Å². The first-order valence-electron chi connectivity index (χ1n) is 5.20. The van der Waals surface area contributed by atoms with E-state index in [1.165, 1.54) is 6.20 Å². The molecule has 0 aliphatic carbocycles. The molecule has 1 aromatic heterocycles. The molecule has 0 bridgehead atoms. The summed E-state index contributed by atoms with van der Waals surface area (Å²) < 4.78 is 25.8. The first-order chi connectivity index (χ1) is 7.82. The van der Waals surface area contributed by atoms with Gasteiger partial charge in [0.25, 0.3) is 0 Å². The monoisotopic (exact) mass is 259 g/mol. The predicted octanol–water partition coefficient (Wildman–Crippen LogP) is 0.482. The van der Waals surface area contributed by atoms with Gasteiger partial charge in [0.15, 0.2) is 0 Å². The van der Waals surface area contributed by atoms with Crippen LogP contribution in [0, 0.1) is 11.3 Å². The van der Waals surface area contributed by atoms with Gasteiger partial charge in [-0.25, -0.2) is 8.42 Å². The van der Waals surface area contributed by atoms with E-state index >= 15 is 0 Å². The Morgan fingerprint density at radius 3 is 2.82 bits per heavy atom. The van der Waals surface area contributed by atoms with E-state index < -0.39 is 10.0 Å². The first-order valence-corrected chi connectivity index (χ1v) is 6.85.